The lowest BCUT2D eigenvalue weighted by molar-refractivity contribution is 0.628. The molecule has 0 atom stereocenters. The Morgan fingerprint density at radius 3 is 2.50 bits per heavy atom. The van der Waals surface area contributed by atoms with E-state index < -0.39 is 0 Å². The van der Waals surface area contributed by atoms with Crippen LogP contribution in [-0.4, -0.2) is 4.98 Å². The Hall–Kier alpha value is -2.44. The molecule has 2 nitrogen and oxygen atoms in total. The largest absolute Gasteiger partial charge is 0.237 e. The van der Waals surface area contributed by atoms with Gasteiger partial charge in [-0.1, -0.05) is 29.8 Å². The number of pyridine rings is 1. The zero-order chi connectivity index (χ0) is 14.1. The Labute approximate surface area is 120 Å². The molecule has 0 amide bonds. The van der Waals surface area contributed by atoms with Crippen molar-refractivity contribution in [3.05, 3.63) is 65.1 Å². The minimum absolute atomic E-state index is 0.296. The van der Waals surface area contributed by atoms with E-state index in [-0.39, 0.29) is 5.82 Å². The van der Waals surface area contributed by atoms with Crippen molar-refractivity contribution in [2.45, 2.75) is 0 Å². The van der Waals surface area contributed by atoms with Crippen LogP contribution in [-0.2, 0) is 0 Å². The molecule has 0 fully saturated rings. The summed E-state index contributed by atoms with van der Waals surface area (Å²) in [4.78, 5) is 4.24. The summed E-state index contributed by atoms with van der Waals surface area (Å²) in [5, 5.41) is 10.5. The molecule has 4 heteroatoms. The molecular weight excluding hydrogens is 275 g/mol. The van der Waals surface area contributed by atoms with Crippen LogP contribution in [0.2, 0.25) is 5.02 Å². The normalized spacial score (nSPS) is 10.4. The highest BCUT2D eigenvalue weighted by molar-refractivity contribution is 6.31. The third kappa shape index (κ3) is 2.22. The van der Waals surface area contributed by atoms with Crippen molar-refractivity contribution in [1.82, 2.24) is 4.98 Å². The SMILES string of the molecule is N#Cc1cc(-c2ccc(F)cc2)c2ccc(Cl)cc2n1. The second-order valence-electron chi connectivity index (χ2n) is 4.34. The van der Waals surface area contributed by atoms with Crippen molar-refractivity contribution in [3.63, 3.8) is 0 Å². The fourth-order valence-corrected chi connectivity index (χ4v) is 2.29. The number of nitrogens with zero attached hydrogens (tertiary/aromatic N) is 2. The quantitative estimate of drug-likeness (QED) is 0.656. The van der Waals surface area contributed by atoms with E-state index in [1.807, 2.05) is 12.1 Å². The van der Waals surface area contributed by atoms with Crippen LogP contribution in [0.15, 0.2) is 48.5 Å². The van der Waals surface area contributed by atoms with Crippen molar-refractivity contribution in [2.75, 3.05) is 0 Å². The molecule has 0 saturated heterocycles. The van der Waals surface area contributed by atoms with Crippen LogP contribution in [0.4, 0.5) is 4.39 Å². The summed E-state index contributed by atoms with van der Waals surface area (Å²) in [7, 11) is 0. The number of fused-ring (bicyclic) bond motifs is 1. The molecule has 0 spiro atoms. The van der Waals surface area contributed by atoms with Crippen molar-refractivity contribution in [3.8, 4) is 17.2 Å². The first-order chi connectivity index (χ1) is 9.67. The van der Waals surface area contributed by atoms with E-state index >= 15 is 0 Å². The maximum Gasteiger partial charge on any atom is 0.141 e. The standard InChI is InChI=1S/C16H8ClFN2/c17-11-3-6-14-15(10-1-4-12(18)5-2-10)8-13(9-19)20-16(14)7-11/h1-8H. The number of hydrogen-bond acceptors (Lipinski definition) is 2. The third-order valence-corrected chi connectivity index (χ3v) is 3.28. The summed E-state index contributed by atoms with van der Waals surface area (Å²) >= 11 is 5.96. The Kier molecular flexibility index (Phi) is 3.09. The van der Waals surface area contributed by atoms with Crippen LogP contribution in [0, 0.1) is 17.1 Å². The number of rotatable bonds is 1. The molecule has 0 bridgehead atoms. The smallest absolute Gasteiger partial charge is 0.141 e. The van der Waals surface area contributed by atoms with Gasteiger partial charge in [-0.15, -0.1) is 0 Å². The van der Waals surface area contributed by atoms with Crippen LogP contribution in [0.25, 0.3) is 22.0 Å². The highest BCUT2D eigenvalue weighted by atomic mass is 35.5. The molecule has 0 aliphatic heterocycles. The summed E-state index contributed by atoms with van der Waals surface area (Å²) in [5.74, 6) is -0.296. The summed E-state index contributed by atoms with van der Waals surface area (Å²) in [6.07, 6.45) is 0. The summed E-state index contributed by atoms with van der Waals surface area (Å²) in [6, 6.07) is 15.2. The molecular formula is C16H8ClFN2. The molecule has 96 valence electrons. The van der Waals surface area contributed by atoms with Gasteiger partial charge in [-0.2, -0.15) is 5.26 Å². The molecule has 3 rings (SSSR count). The van der Waals surface area contributed by atoms with Gasteiger partial charge in [0, 0.05) is 10.4 Å². The van der Waals surface area contributed by atoms with E-state index in [0.717, 1.165) is 16.5 Å². The molecule has 20 heavy (non-hydrogen) atoms. The molecule has 2 aromatic carbocycles. The van der Waals surface area contributed by atoms with E-state index in [0.29, 0.717) is 16.2 Å². The first-order valence-corrected chi connectivity index (χ1v) is 6.31. The maximum absolute atomic E-state index is 13.0. The topological polar surface area (TPSA) is 36.7 Å². The van der Waals surface area contributed by atoms with Crippen LogP contribution in [0.1, 0.15) is 5.69 Å². The Bertz CT molecular complexity index is 835. The number of aromatic nitrogens is 1. The van der Waals surface area contributed by atoms with Crippen molar-refractivity contribution in [2.24, 2.45) is 0 Å². The maximum atomic E-state index is 13.0. The van der Waals surface area contributed by atoms with E-state index in [2.05, 4.69) is 4.98 Å². The van der Waals surface area contributed by atoms with E-state index in [1.54, 1.807) is 30.3 Å². The Morgan fingerprint density at radius 1 is 1.05 bits per heavy atom. The van der Waals surface area contributed by atoms with Gasteiger partial charge in [0.25, 0.3) is 0 Å². The number of hydrogen-bond donors (Lipinski definition) is 0. The first-order valence-electron chi connectivity index (χ1n) is 5.94. The highest BCUT2D eigenvalue weighted by Crippen LogP contribution is 2.30. The average Bonchev–Trinajstić information content (AvgIpc) is 2.46. The van der Waals surface area contributed by atoms with E-state index in [4.69, 9.17) is 16.9 Å². The second kappa shape index (κ2) is 4.92. The second-order valence-corrected chi connectivity index (χ2v) is 4.77. The molecule has 0 unspecified atom stereocenters. The lowest BCUT2D eigenvalue weighted by Crippen LogP contribution is -1.89. The van der Waals surface area contributed by atoms with Crippen LogP contribution < -0.4 is 0 Å². The van der Waals surface area contributed by atoms with Crippen LogP contribution in [0.3, 0.4) is 0 Å². The Balaban J connectivity index is 2.33. The number of nitriles is 1. The van der Waals surface area contributed by atoms with Gasteiger partial charge in [-0.3, -0.25) is 0 Å². The van der Waals surface area contributed by atoms with Crippen LogP contribution >= 0.6 is 11.6 Å². The molecule has 1 aromatic heterocycles. The Morgan fingerprint density at radius 2 is 1.80 bits per heavy atom. The van der Waals surface area contributed by atoms with Crippen molar-refractivity contribution >= 4 is 22.5 Å². The third-order valence-electron chi connectivity index (χ3n) is 3.04. The van der Waals surface area contributed by atoms with E-state index in [1.165, 1.54) is 12.1 Å². The van der Waals surface area contributed by atoms with Gasteiger partial charge < -0.3 is 0 Å². The van der Waals surface area contributed by atoms with Crippen LogP contribution in [0.5, 0.6) is 0 Å². The lowest BCUT2D eigenvalue weighted by atomic mass is 10.0. The van der Waals surface area contributed by atoms with Crippen molar-refractivity contribution < 1.29 is 4.39 Å². The molecule has 3 aromatic rings. The van der Waals surface area contributed by atoms with Gasteiger partial charge in [0.05, 0.1) is 5.52 Å². The molecule has 0 N–H and O–H groups in total. The van der Waals surface area contributed by atoms with Gasteiger partial charge in [-0.05, 0) is 41.5 Å². The molecule has 0 aliphatic carbocycles. The summed E-state index contributed by atoms with van der Waals surface area (Å²) in [5.41, 5.74) is 2.62. The zero-order valence-electron chi connectivity index (χ0n) is 10.3. The molecule has 0 saturated carbocycles. The van der Waals surface area contributed by atoms with Gasteiger partial charge in [0.15, 0.2) is 0 Å². The number of benzene rings is 2. The molecule has 0 radical (unpaired) electrons. The predicted octanol–water partition coefficient (Wildman–Crippen LogP) is 4.57. The van der Waals surface area contributed by atoms with Gasteiger partial charge in [-0.25, -0.2) is 9.37 Å². The zero-order valence-corrected chi connectivity index (χ0v) is 11.0. The molecule has 0 aliphatic rings. The highest BCUT2D eigenvalue weighted by Gasteiger charge is 2.08. The monoisotopic (exact) mass is 282 g/mol. The number of halogens is 2. The van der Waals surface area contributed by atoms with Gasteiger partial charge >= 0.3 is 0 Å². The summed E-state index contributed by atoms with van der Waals surface area (Å²) in [6.45, 7) is 0. The van der Waals surface area contributed by atoms with E-state index in [9.17, 15) is 4.39 Å². The van der Waals surface area contributed by atoms with Crippen molar-refractivity contribution in [1.29, 1.82) is 5.26 Å². The average molecular weight is 283 g/mol. The molecule has 1 heterocycles. The minimum atomic E-state index is -0.296. The summed E-state index contributed by atoms with van der Waals surface area (Å²) < 4.78 is 13.0. The predicted molar refractivity (Wildman–Crippen MR) is 76.9 cm³/mol. The fraction of sp³-hybridized carbons (Fsp3) is 0. The first kappa shape index (κ1) is 12.6. The fourth-order valence-electron chi connectivity index (χ4n) is 2.13. The van der Waals surface area contributed by atoms with Gasteiger partial charge in [0.1, 0.15) is 17.6 Å². The van der Waals surface area contributed by atoms with Gasteiger partial charge in [0.2, 0.25) is 0 Å². The minimum Gasteiger partial charge on any atom is -0.237 e. The lowest BCUT2D eigenvalue weighted by Gasteiger charge is -2.07.